The number of halogens is 2. The lowest BCUT2D eigenvalue weighted by Crippen LogP contribution is -2.24. The van der Waals surface area contributed by atoms with Crippen molar-refractivity contribution < 1.29 is 8.78 Å². The molecule has 6 aromatic heterocycles. The number of H-pyrrole nitrogens is 2. The van der Waals surface area contributed by atoms with Crippen LogP contribution in [0.3, 0.4) is 0 Å². The molecule has 11 heteroatoms. The maximum atomic E-state index is 13.6. The lowest BCUT2D eigenvalue weighted by atomic mass is 10.1. The average molecular weight is 510 g/mol. The van der Waals surface area contributed by atoms with Gasteiger partial charge >= 0.3 is 0 Å². The maximum absolute atomic E-state index is 13.6. The van der Waals surface area contributed by atoms with E-state index in [9.17, 15) is 8.78 Å². The van der Waals surface area contributed by atoms with Crippen molar-refractivity contribution in [2.24, 2.45) is 0 Å². The lowest BCUT2D eigenvalue weighted by Gasteiger charge is -2.15. The van der Waals surface area contributed by atoms with E-state index >= 15 is 0 Å². The van der Waals surface area contributed by atoms with Gasteiger partial charge in [0.15, 0.2) is 17.2 Å². The van der Waals surface area contributed by atoms with Gasteiger partial charge in [0, 0.05) is 61.6 Å². The zero-order valence-corrected chi connectivity index (χ0v) is 20.1. The third-order valence-electron chi connectivity index (χ3n) is 6.76. The molecule has 188 valence electrons. The Morgan fingerprint density at radius 1 is 0.947 bits per heavy atom. The molecule has 0 aliphatic carbocycles. The highest BCUT2D eigenvalue weighted by molar-refractivity contribution is 5.94. The molecule has 1 aliphatic rings. The SMILES string of the molecule is FC1(F)CCN(Cc2cncc(-c3ccc4[nH]nc(-c5nc6nccc(-c7ccncc7)c6[nH]5)c4n3)c2)C1. The number of aromatic nitrogens is 8. The Morgan fingerprint density at radius 3 is 2.68 bits per heavy atom. The summed E-state index contributed by atoms with van der Waals surface area (Å²) >= 11 is 0. The number of rotatable bonds is 5. The first kappa shape index (κ1) is 22.5. The van der Waals surface area contributed by atoms with Crippen molar-refractivity contribution in [3.63, 3.8) is 0 Å². The fourth-order valence-electron chi connectivity index (χ4n) is 4.93. The first-order valence-electron chi connectivity index (χ1n) is 12.2. The van der Waals surface area contributed by atoms with Gasteiger partial charge in [0.05, 0.1) is 23.3 Å². The fraction of sp³-hybridized carbons (Fsp3) is 0.185. The summed E-state index contributed by atoms with van der Waals surface area (Å²) in [7, 11) is 0. The Balaban J connectivity index is 1.24. The van der Waals surface area contributed by atoms with Crippen LogP contribution in [0.15, 0.2) is 67.4 Å². The Kier molecular flexibility index (Phi) is 5.18. The van der Waals surface area contributed by atoms with Crippen molar-refractivity contribution in [3.8, 4) is 33.9 Å². The van der Waals surface area contributed by atoms with E-state index in [1.807, 2.05) is 36.4 Å². The first-order valence-corrected chi connectivity index (χ1v) is 12.2. The predicted octanol–water partition coefficient (Wildman–Crippen LogP) is 4.86. The number of likely N-dealkylation sites (tertiary alicyclic amines) is 1. The molecule has 0 saturated carbocycles. The lowest BCUT2D eigenvalue weighted by molar-refractivity contribution is 0.0115. The van der Waals surface area contributed by atoms with E-state index < -0.39 is 5.92 Å². The number of nitrogens with one attached hydrogen (secondary N) is 2. The molecule has 0 unspecified atom stereocenters. The van der Waals surface area contributed by atoms with Crippen LogP contribution >= 0.6 is 0 Å². The van der Waals surface area contributed by atoms with E-state index in [4.69, 9.17) is 9.97 Å². The van der Waals surface area contributed by atoms with Crippen LogP contribution < -0.4 is 0 Å². The molecule has 0 spiro atoms. The Bertz CT molecular complexity index is 1780. The molecule has 2 N–H and O–H groups in total. The Hall–Kier alpha value is -4.64. The molecule has 0 atom stereocenters. The van der Waals surface area contributed by atoms with Gasteiger partial charge in [-0.1, -0.05) is 0 Å². The summed E-state index contributed by atoms with van der Waals surface area (Å²) in [5.41, 5.74) is 7.68. The van der Waals surface area contributed by atoms with E-state index in [0.717, 1.165) is 33.3 Å². The van der Waals surface area contributed by atoms with Crippen LogP contribution in [0.2, 0.25) is 0 Å². The molecule has 7 rings (SSSR count). The third kappa shape index (κ3) is 4.06. The van der Waals surface area contributed by atoms with Gasteiger partial charge in [0.25, 0.3) is 5.92 Å². The topological polar surface area (TPSA) is 112 Å². The van der Waals surface area contributed by atoms with E-state index in [0.29, 0.717) is 41.5 Å². The van der Waals surface area contributed by atoms with Crippen LogP contribution in [0.25, 0.3) is 56.1 Å². The van der Waals surface area contributed by atoms with Crippen molar-refractivity contribution in [3.05, 3.63) is 72.9 Å². The highest BCUT2D eigenvalue weighted by Gasteiger charge is 2.37. The van der Waals surface area contributed by atoms with Crippen molar-refractivity contribution in [2.45, 2.75) is 18.9 Å². The molecule has 6 aromatic rings. The zero-order chi connectivity index (χ0) is 25.7. The van der Waals surface area contributed by atoms with Gasteiger partial charge < -0.3 is 4.98 Å². The van der Waals surface area contributed by atoms with Crippen LogP contribution in [0.1, 0.15) is 12.0 Å². The molecule has 1 aliphatic heterocycles. The summed E-state index contributed by atoms with van der Waals surface area (Å²) in [4.78, 5) is 27.6. The number of hydrogen-bond donors (Lipinski definition) is 2. The minimum absolute atomic E-state index is 0.108. The summed E-state index contributed by atoms with van der Waals surface area (Å²) in [5, 5.41) is 7.51. The number of nitrogens with zero attached hydrogens (tertiary/aromatic N) is 7. The quantitative estimate of drug-likeness (QED) is 0.341. The third-order valence-corrected chi connectivity index (χ3v) is 6.76. The molecule has 0 amide bonds. The summed E-state index contributed by atoms with van der Waals surface area (Å²) in [6.07, 6.45) is 8.55. The molecule has 1 saturated heterocycles. The molecular weight excluding hydrogens is 488 g/mol. The summed E-state index contributed by atoms with van der Waals surface area (Å²) in [5.74, 6) is -2.08. The van der Waals surface area contributed by atoms with Gasteiger partial charge in [-0.25, -0.2) is 23.7 Å². The molecule has 1 fully saturated rings. The number of aromatic amines is 2. The molecule has 0 radical (unpaired) electrons. The second kappa shape index (κ2) is 8.73. The normalized spacial score (nSPS) is 15.5. The van der Waals surface area contributed by atoms with Crippen molar-refractivity contribution >= 4 is 22.2 Å². The van der Waals surface area contributed by atoms with Gasteiger partial charge in [-0.2, -0.15) is 5.10 Å². The molecular formula is C27H21F2N9. The second-order valence-corrected chi connectivity index (χ2v) is 9.44. The van der Waals surface area contributed by atoms with Crippen LogP contribution in [0.5, 0.6) is 0 Å². The van der Waals surface area contributed by atoms with Gasteiger partial charge in [-0.3, -0.25) is 20.0 Å². The highest BCUT2D eigenvalue weighted by atomic mass is 19.3. The average Bonchev–Trinajstić information content (AvgIpc) is 3.64. The number of pyridine rings is 4. The molecule has 38 heavy (non-hydrogen) atoms. The van der Waals surface area contributed by atoms with E-state index in [2.05, 4.69) is 30.1 Å². The number of hydrogen-bond acceptors (Lipinski definition) is 7. The van der Waals surface area contributed by atoms with Gasteiger partial charge in [0.2, 0.25) is 0 Å². The zero-order valence-electron chi connectivity index (χ0n) is 20.1. The van der Waals surface area contributed by atoms with E-state index in [1.165, 1.54) is 0 Å². The van der Waals surface area contributed by atoms with Gasteiger partial charge in [0.1, 0.15) is 5.52 Å². The number of imidazole rings is 1. The van der Waals surface area contributed by atoms with Crippen molar-refractivity contribution in [1.82, 2.24) is 45.0 Å². The molecule has 9 nitrogen and oxygen atoms in total. The maximum Gasteiger partial charge on any atom is 0.261 e. The number of fused-ring (bicyclic) bond motifs is 2. The molecule has 0 bridgehead atoms. The summed E-state index contributed by atoms with van der Waals surface area (Å²) in [6.45, 7) is 0.561. The van der Waals surface area contributed by atoms with Gasteiger partial charge in [-0.05, 0) is 47.5 Å². The smallest absolute Gasteiger partial charge is 0.261 e. The largest absolute Gasteiger partial charge is 0.335 e. The van der Waals surface area contributed by atoms with Crippen LogP contribution in [-0.4, -0.2) is 64.0 Å². The monoisotopic (exact) mass is 509 g/mol. The number of alkyl halides is 2. The Labute approximate surface area is 215 Å². The minimum Gasteiger partial charge on any atom is -0.335 e. The second-order valence-electron chi connectivity index (χ2n) is 9.44. The van der Waals surface area contributed by atoms with Crippen LogP contribution in [0, 0.1) is 0 Å². The first-order chi connectivity index (χ1) is 18.5. The van der Waals surface area contributed by atoms with Crippen molar-refractivity contribution in [2.75, 3.05) is 13.1 Å². The Morgan fingerprint density at radius 2 is 1.84 bits per heavy atom. The van der Waals surface area contributed by atoms with Crippen LogP contribution in [-0.2, 0) is 6.54 Å². The highest BCUT2D eigenvalue weighted by Crippen LogP contribution is 2.31. The fourth-order valence-corrected chi connectivity index (χ4v) is 4.93. The molecule has 0 aromatic carbocycles. The summed E-state index contributed by atoms with van der Waals surface area (Å²) < 4.78 is 27.2. The van der Waals surface area contributed by atoms with E-state index in [-0.39, 0.29) is 13.0 Å². The van der Waals surface area contributed by atoms with Crippen LogP contribution in [0.4, 0.5) is 8.78 Å². The summed E-state index contributed by atoms with van der Waals surface area (Å²) in [6, 6.07) is 11.5. The molecule has 7 heterocycles. The van der Waals surface area contributed by atoms with Crippen molar-refractivity contribution in [1.29, 1.82) is 0 Å². The van der Waals surface area contributed by atoms with Gasteiger partial charge in [-0.15, -0.1) is 0 Å². The predicted molar refractivity (Wildman–Crippen MR) is 138 cm³/mol. The standard InChI is InChI=1S/C27H21F2N9/c28-27(29)6-10-38(15-27)14-16-11-18(13-31-12-16)20-1-2-21-23(33-20)24(37-36-21)26-34-22-19(5-9-32-25(22)35-26)17-3-7-30-8-4-17/h1-5,7-9,11-13H,6,10,14-15H2,(H,36,37)(H,32,34,35). The van der Waals surface area contributed by atoms with E-state index in [1.54, 1.807) is 35.9 Å². The minimum atomic E-state index is -2.62.